The maximum absolute atomic E-state index is 12.2. The summed E-state index contributed by atoms with van der Waals surface area (Å²) in [5.74, 6) is 1.000. The molecule has 1 rings (SSSR count). The van der Waals surface area contributed by atoms with E-state index in [1.807, 2.05) is 6.92 Å². The van der Waals surface area contributed by atoms with E-state index in [0.29, 0.717) is 6.04 Å². The van der Waals surface area contributed by atoms with Crippen molar-refractivity contribution in [3.05, 3.63) is 0 Å². The largest absolute Gasteiger partial charge is 0.352 e. The maximum atomic E-state index is 12.2. The molecule has 1 aliphatic heterocycles. The van der Waals surface area contributed by atoms with E-state index >= 15 is 0 Å². The lowest BCUT2D eigenvalue weighted by atomic mass is 9.94. The average Bonchev–Trinajstić information content (AvgIpc) is 2.50. The molecule has 1 fully saturated rings. The number of rotatable bonds is 8. The molecule has 2 N–H and O–H groups in total. The third-order valence-corrected chi connectivity index (χ3v) is 4.72. The zero-order valence-corrected chi connectivity index (χ0v) is 13.7. The Bertz CT molecular complexity index is 273. The van der Waals surface area contributed by atoms with Gasteiger partial charge in [-0.05, 0) is 71.6 Å². The second-order valence-electron chi connectivity index (χ2n) is 6.16. The van der Waals surface area contributed by atoms with Crippen molar-refractivity contribution in [1.29, 1.82) is 0 Å². The van der Waals surface area contributed by atoms with Crippen molar-refractivity contribution in [2.45, 2.75) is 65.0 Å². The topological polar surface area (TPSA) is 44.4 Å². The first kappa shape index (κ1) is 17.4. The average molecular weight is 283 g/mol. The van der Waals surface area contributed by atoms with Gasteiger partial charge in [-0.15, -0.1) is 0 Å². The van der Waals surface area contributed by atoms with Crippen LogP contribution in [0.1, 0.15) is 52.9 Å². The van der Waals surface area contributed by atoms with Gasteiger partial charge in [0, 0.05) is 6.04 Å². The van der Waals surface area contributed by atoms with E-state index in [9.17, 15) is 4.79 Å². The van der Waals surface area contributed by atoms with Crippen LogP contribution in [0, 0.1) is 5.92 Å². The van der Waals surface area contributed by atoms with Gasteiger partial charge in [0.2, 0.25) is 5.91 Å². The standard InChI is InChI=1S/C16H33N3O/c1-5-15(6-2)18-16(20)13(3)19(4)12-9-14-7-10-17-11-8-14/h13-15,17H,5-12H2,1-4H3,(H,18,20). The van der Waals surface area contributed by atoms with Gasteiger partial charge in [0.25, 0.3) is 0 Å². The van der Waals surface area contributed by atoms with E-state index in [4.69, 9.17) is 0 Å². The molecule has 118 valence electrons. The number of carbonyl (C=O) groups is 1. The summed E-state index contributed by atoms with van der Waals surface area (Å²) in [6, 6.07) is 0.292. The molecule has 1 saturated heterocycles. The quantitative estimate of drug-likeness (QED) is 0.716. The third-order valence-electron chi connectivity index (χ3n) is 4.72. The number of nitrogens with one attached hydrogen (secondary N) is 2. The minimum atomic E-state index is -0.0303. The molecule has 1 heterocycles. The van der Waals surface area contributed by atoms with E-state index < -0.39 is 0 Å². The van der Waals surface area contributed by atoms with Crippen LogP contribution in [0.15, 0.2) is 0 Å². The van der Waals surface area contributed by atoms with Crippen LogP contribution < -0.4 is 10.6 Å². The molecule has 1 atom stereocenters. The van der Waals surface area contributed by atoms with Crippen molar-refractivity contribution >= 4 is 5.91 Å². The normalized spacial score (nSPS) is 18.5. The van der Waals surface area contributed by atoms with E-state index in [1.165, 1.54) is 19.3 Å². The Morgan fingerprint density at radius 3 is 2.45 bits per heavy atom. The van der Waals surface area contributed by atoms with Gasteiger partial charge in [0.15, 0.2) is 0 Å². The molecule has 0 bridgehead atoms. The Morgan fingerprint density at radius 1 is 1.30 bits per heavy atom. The Balaban J connectivity index is 2.29. The maximum Gasteiger partial charge on any atom is 0.237 e. The third kappa shape index (κ3) is 5.80. The van der Waals surface area contributed by atoms with Gasteiger partial charge in [-0.1, -0.05) is 13.8 Å². The molecule has 0 aliphatic carbocycles. The Hall–Kier alpha value is -0.610. The lowest BCUT2D eigenvalue weighted by Gasteiger charge is -2.29. The van der Waals surface area contributed by atoms with Gasteiger partial charge >= 0.3 is 0 Å². The summed E-state index contributed by atoms with van der Waals surface area (Å²) in [7, 11) is 2.07. The Labute approximate surface area is 124 Å². The Kier molecular flexibility index (Phi) is 8.15. The second kappa shape index (κ2) is 9.35. The van der Waals surface area contributed by atoms with E-state index in [1.54, 1.807) is 0 Å². The highest BCUT2D eigenvalue weighted by Crippen LogP contribution is 2.16. The molecule has 1 aliphatic rings. The molecule has 4 heteroatoms. The van der Waals surface area contributed by atoms with E-state index in [0.717, 1.165) is 38.4 Å². The number of hydrogen-bond acceptors (Lipinski definition) is 3. The van der Waals surface area contributed by atoms with Gasteiger partial charge in [-0.3, -0.25) is 9.69 Å². The first-order valence-corrected chi connectivity index (χ1v) is 8.29. The number of hydrogen-bond donors (Lipinski definition) is 2. The summed E-state index contributed by atoms with van der Waals surface area (Å²) in [6.45, 7) is 9.58. The fourth-order valence-electron chi connectivity index (χ4n) is 2.76. The molecule has 0 aromatic heterocycles. The first-order chi connectivity index (χ1) is 9.58. The van der Waals surface area contributed by atoms with Crippen LogP contribution in [0.25, 0.3) is 0 Å². The first-order valence-electron chi connectivity index (χ1n) is 8.29. The molecule has 0 radical (unpaired) electrons. The molecule has 1 amide bonds. The minimum Gasteiger partial charge on any atom is -0.352 e. The van der Waals surface area contributed by atoms with Gasteiger partial charge in [0.05, 0.1) is 6.04 Å². The smallest absolute Gasteiger partial charge is 0.237 e. The SMILES string of the molecule is CCC(CC)NC(=O)C(C)N(C)CCC1CCNCC1. The summed E-state index contributed by atoms with van der Waals surface area (Å²) in [6.07, 6.45) is 5.78. The number of piperidine rings is 1. The molecule has 0 saturated carbocycles. The van der Waals surface area contributed by atoms with Gasteiger partial charge in [-0.25, -0.2) is 0 Å². The summed E-state index contributed by atoms with van der Waals surface area (Å²) in [4.78, 5) is 14.4. The zero-order valence-electron chi connectivity index (χ0n) is 13.7. The lowest BCUT2D eigenvalue weighted by molar-refractivity contribution is -0.126. The van der Waals surface area contributed by atoms with Crippen molar-refractivity contribution in [2.24, 2.45) is 5.92 Å². The monoisotopic (exact) mass is 283 g/mol. The molecule has 0 spiro atoms. The molecular formula is C16H33N3O. The summed E-state index contributed by atoms with van der Waals surface area (Å²) in [5, 5.41) is 6.54. The zero-order chi connectivity index (χ0) is 15.0. The number of nitrogens with zero attached hydrogens (tertiary/aromatic N) is 1. The van der Waals surface area contributed by atoms with Gasteiger partial charge < -0.3 is 10.6 Å². The molecule has 20 heavy (non-hydrogen) atoms. The molecule has 0 aromatic rings. The van der Waals surface area contributed by atoms with Crippen LogP contribution >= 0.6 is 0 Å². The second-order valence-corrected chi connectivity index (χ2v) is 6.16. The Morgan fingerprint density at radius 2 is 1.90 bits per heavy atom. The van der Waals surface area contributed by atoms with Crippen LogP contribution in [0.4, 0.5) is 0 Å². The fraction of sp³-hybridized carbons (Fsp3) is 0.938. The lowest BCUT2D eigenvalue weighted by Crippen LogP contribution is -2.47. The predicted octanol–water partition coefficient (Wildman–Crippen LogP) is 2.00. The number of likely N-dealkylation sites (N-methyl/N-ethyl adjacent to an activating group) is 1. The van der Waals surface area contributed by atoms with Crippen molar-refractivity contribution in [3.63, 3.8) is 0 Å². The molecule has 1 unspecified atom stereocenters. The summed E-state index contributed by atoms with van der Waals surface area (Å²) in [5.41, 5.74) is 0. The van der Waals surface area contributed by atoms with Gasteiger partial charge in [-0.2, -0.15) is 0 Å². The predicted molar refractivity (Wildman–Crippen MR) is 84.8 cm³/mol. The van der Waals surface area contributed by atoms with Crippen LogP contribution in [0.3, 0.4) is 0 Å². The van der Waals surface area contributed by atoms with Crippen molar-refractivity contribution < 1.29 is 4.79 Å². The van der Waals surface area contributed by atoms with Crippen LogP contribution in [-0.4, -0.2) is 49.6 Å². The van der Waals surface area contributed by atoms with Crippen molar-refractivity contribution in [2.75, 3.05) is 26.7 Å². The molecular weight excluding hydrogens is 250 g/mol. The highest BCUT2D eigenvalue weighted by Gasteiger charge is 2.21. The van der Waals surface area contributed by atoms with Crippen molar-refractivity contribution in [1.82, 2.24) is 15.5 Å². The van der Waals surface area contributed by atoms with Crippen LogP contribution in [0.5, 0.6) is 0 Å². The van der Waals surface area contributed by atoms with Crippen LogP contribution in [-0.2, 0) is 4.79 Å². The number of amides is 1. The summed E-state index contributed by atoms with van der Waals surface area (Å²) >= 11 is 0. The van der Waals surface area contributed by atoms with Gasteiger partial charge in [0.1, 0.15) is 0 Å². The van der Waals surface area contributed by atoms with E-state index in [-0.39, 0.29) is 11.9 Å². The van der Waals surface area contributed by atoms with Crippen LogP contribution in [0.2, 0.25) is 0 Å². The number of carbonyl (C=O) groups excluding carboxylic acids is 1. The van der Waals surface area contributed by atoms with Crippen molar-refractivity contribution in [3.8, 4) is 0 Å². The molecule has 0 aromatic carbocycles. The highest BCUT2D eigenvalue weighted by molar-refractivity contribution is 5.81. The minimum absolute atomic E-state index is 0.0303. The van der Waals surface area contributed by atoms with E-state index in [2.05, 4.69) is 36.4 Å². The summed E-state index contributed by atoms with van der Waals surface area (Å²) < 4.78 is 0. The highest BCUT2D eigenvalue weighted by atomic mass is 16.2. The fourth-order valence-corrected chi connectivity index (χ4v) is 2.76. The molecule has 4 nitrogen and oxygen atoms in total.